The van der Waals surface area contributed by atoms with E-state index >= 15 is 0 Å². The Bertz CT molecular complexity index is 358. The molecule has 0 unspecified atom stereocenters. The van der Waals surface area contributed by atoms with Crippen LogP contribution >= 0.6 is 0 Å². The molecule has 0 fully saturated rings. The summed E-state index contributed by atoms with van der Waals surface area (Å²) in [7, 11) is 0. The highest BCUT2D eigenvalue weighted by Gasteiger charge is 1.96. The number of aromatic nitrogens is 2. The second-order valence-electron chi connectivity index (χ2n) is 3.51. The molecule has 0 saturated carbocycles. The van der Waals surface area contributed by atoms with Gasteiger partial charge in [-0.05, 0) is 19.9 Å². The van der Waals surface area contributed by atoms with Gasteiger partial charge >= 0.3 is 0 Å². The van der Waals surface area contributed by atoms with Crippen molar-refractivity contribution in [1.29, 1.82) is 0 Å². The molecule has 0 radical (unpaired) electrons. The molecule has 2 N–H and O–H groups in total. The van der Waals surface area contributed by atoms with Gasteiger partial charge in [-0.2, -0.15) is 0 Å². The fourth-order valence-corrected chi connectivity index (χ4v) is 1.06. The maximum Gasteiger partial charge on any atom is 0.243 e. The lowest BCUT2D eigenvalue weighted by molar-refractivity contribution is -0.116. The molecule has 0 saturated heterocycles. The number of nitrogens with one attached hydrogen (secondary N) is 2. The Hall–Kier alpha value is -1.91. The van der Waals surface area contributed by atoms with Crippen LogP contribution in [-0.2, 0) is 4.79 Å². The molecule has 16 heavy (non-hydrogen) atoms. The predicted octanol–water partition coefficient (Wildman–Crippen LogP) is 0.971. The second-order valence-corrected chi connectivity index (χ2v) is 3.51. The molecule has 1 heterocycles. The SMILES string of the molecule is CC(C)=CC(=O)NCCNc1ncccn1. The molecule has 5 heteroatoms. The molecular formula is C11H16N4O. The standard InChI is InChI=1S/C11H16N4O/c1-9(2)8-10(16)12-6-7-15-11-13-4-3-5-14-11/h3-5,8H,6-7H2,1-2H3,(H,12,16)(H,13,14,15). The summed E-state index contributed by atoms with van der Waals surface area (Å²) in [5.74, 6) is 0.495. The molecule has 0 aliphatic rings. The zero-order chi connectivity index (χ0) is 11.8. The van der Waals surface area contributed by atoms with Crippen LogP contribution in [0.25, 0.3) is 0 Å². The van der Waals surface area contributed by atoms with E-state index in [1.807, 2.05) is 13.8 Å². The molecule has 1 aromatic heterocycles. The summed E-state index contributed by atoms with van der Waals surface area (Å²) < 4.78 is 0. The van der Waals surface area contributed by atoms with E-state index in [2.05, 4.69) is 20.6 Å². The second kappa shape index (κ2) is 6.55. The van der Waals surface area contributed by atoms with Gasteiger partial charge in [0.2, 0.25) is 11.9 Å². The van der Waals surface area contributed by atoms with E-state index in [1.165, 1.54) is 0 Å². The fraction of sp³-hybridized carbons (Fsp3) is 0.364. The van der Waals surface area contributed by atoms with Crippen molar-refractivity contribution in [2.45, 2.75) is 13.8 Å². The lowest BCUT2D eigenvalue weighted by Gasteiger charge is -2.04. The monoisotopic (exact) mass is 220 g/mol. The smallest absolute Gasteiger partial charge is 0.243 e. The summed E-state index contributed by atoms with van der Waals surface area (Å²) >= 11 is 0. The minimum atomic E-state index is -0.0734. The number of anilines is 1. The molecule has 0 aliphatic heterocycles. The van der Waals surface area contributed by atoms with Crippen LogP contribution in [0.4, 0.5) is 5.95 Å². The van der Waals surface area contributed by atoms with Gasteiger partial charge in [0, 0.05) is 31.6 Å². The molecule has 1 aromatic rings. The van der Waals surface area contributed by atoms with Crippen LogP contribution in [0.15, 0.2) is 30.1 Å². The topological polar surface area (TPSA) is 66.9 Å². The van der Waals surface area contributed by atoms with Crippen LogP contribution in [0.5, 0.6) is 0 Å². The number of nitrogens with zero attached hydrogens (tertiary/aromatic N) is 2. The van der Waals surface area contributed by atoms with Crippen molar-refractivity contribution in [2.75, 3.05) is 18.4 Å². The van der Waals surface area contributed by atoms with Crippen molar-refractivity contribution in [1.82, 2.24) is 15.3 Å². The summed E-state index contributed by atoms with van der Waals surface area (Å²) in [6, 6.07) is 1.75. The Morgan fingerprint density at radius 1 is 1.31 bits per heavy atom. The first kappa shape index (κ1) is 12.2. The normalized spacial score (nSPS) is 9.38. The van der Waals surface area contributed by atoms with Crippen LogP contribution in [-0.4, -0.2) is 29.0 Å². The molecule has 5 nitrogen and oxygen atoms in total. The fourth-order valence-electron chi connectivity index (χ4n) is 1.06. The van der Waals surface area contributed by atoms with Gasteiger partial charge in [-0.25, -0.2) is 9.97 Å². The molecular weight excluding hydrogens is 204 g/mol. The number of amides is 1. The van der Waals surface area contributed by atoms with E-state index in [4.69, 9.17) is 0 Å². The summed E-state index contributed by atoms with van der Waals surface area (Å²) in [5.41, 5.74) is 0.983. The number of carbonyl (C=O) groups is 1. The number of carbonyl (C=O) groups excluding carboxylic acids is 1. The highest BCUT2D eigenvalue weighted by atomic mass is 16.1. The Kier molecular flexibility index (Phi) is 4.98. The van der Waals surface area contributed by atoms with E-state index in [0.29, 0.717) is 19.0 Å². The summed E-state index contributed by atoms with van der Waals surface area (Å²) in [4.78, 5) is 19.2. The van der Waals surface area contributed by atoms with Gasteiger partial charge in [0.15, 0.2) is 0 Å². The van der Waals surface area contributed by atoms with Crippen molar-refractivity contribution in [3.8, 4) is 0 Å². The minimum absolute atomic E-state index is 0.0734. The first-order chi connectivity index (χ1) is 7.68. The van der Waals surface area contributed by atoms with Gasteiger partial charge < -0.3 is 10.6 Å². The molecule has 0 aliphatic carbocycles. The van der Waals surface area contributed by atoms with Crippen molar-refractivity contribution in [2.24, 2.45) is 0 Å². The molecule has 0 aromatic carbocycles. The summed E-state index contributed by atoms with van der Waals surface area (Å²) in [6.07, 6.45) is 4.90. The lowest BCUT2D eigenvalue weighted by Crippen LogP contribution is -2.27. The van der Waals surface area contributed by atoms with Crippen LogP contribution < -0.4 is 10.6 Å². The third kappa shape index (κ3) is 5.09. The Balaban J connectivity index is 2.18. The van der Waals surface area contributed by atoms with Crippen LogP contribution in [0.2, 0.25) is 0 Å². The van der Waals surface area contributed by atoms with Crippen LogP contribution in [0, 0.1) is 0 Å². The van der Waals surface area contributed by atoms with Gasteiger partial charge in [-0.15, -0.1) is 0 Å². The van der Waals surface area contributed by atoms with Crippen LogP contribution in [0.3, 0.4) is 0 Å². The number of allylic oxidation sites excluding steroid dienone is 1. The quantitative estimate of drug-likeness (QED) is 0.573. The van der Waals surface area contributed by atoms with E-state index in [0.717, 1.165) is 5.57 Å². The Morgan fingerprint density at radius 3 is 2.62 bits per heavy atom. The van der Waals surface area contributed by atoms with Gasteiger partial charge in [-0.3, -0.25) is 4.79 Å². The van der Waals surface area contributed by atoms with Gasteiger partial charge in [-0.1, -0.05) is 5.57 Å². The van der Waals surface area contributed by atoms with Gasteiger partial charge in [0.1, 0.15) is 0 Å². The van der Waals surface area contributed by atoms with E-state index in [1.54, 1.807) is 24.5 Å². The number of hydrogen-bond donors (Lipinski definition) is 2. The lowest BCUT2D eigenvalue weighted by atomic mass is 10.3. The highest BCUT2D eigenvalue weighted by Crippen LogP contribution is 1.91. The Morgan fingerprint density at radius 2 is 2.00 bits per heavy atom. The molecule has 1 rings (SSSR count). The molecule has 86 valence electrons. The first-order valence-corrected chi connectivity index (χ1v) is 5.12. The largest absolute Gasteiger partial charge is 0.352 e. The van der Waals surface area contributed by atoms with Crippen molar-refractivity contribution < 1.29 is 4.79 Å². The average Bonchev–Trinajstić information content (AvgIpc) is 2.25. The average molecular weight is 220 g/mol. The molecule has 0 atom stereocenters. The van der Waals surface area contributed by atoms with Crippen molar-refractivity contribution in [3.05, 3.63) is 30.1 Å². The van der Waals surface area contributed by atoms with Gasteiger partial charge in [0.05, 0.1) is 0 Å². The van der Waals surface area contributed by atoms with Crippen molar-refractivity contribution >= 4 is 11.9 Å². The van der Waals surface area contributed by atoms with Gasteiger partial charge in [0.25, 0.3) is 0 Å². The summed E-state index contributed by atoms with van der Waals surface area (Å²) in [6.45, 7) is 4.92. The van der Waals surface area contributed by atoms with E-state index < -0.39 is 0 Å². The minimum Gasteiger partial charge on any atom is -0.352 e. The highest BCUT2D eigenvalue weighted by molar-refractivity contribution is 5.87. The zero-order valence-electron chi connectivity index (χ0n) is 9.53. The van der Waals surface area contributed by atoms with Crippen LogP contribution in [0.1, 0.15) is 13.8 Å². The maximum absolute atomic E-state index is 11.2. The molecule has 0 spiro atoms. The first-order valence-electron chi connectivity index (χ1n) is 5.12. The van der Waals surface area contributed by atoms with E-state index in [9.17, 15) is 4.79 Å². The molecule has 1 amide bonds. The predicted molar refractivity (Wildman–Crippen MR) is 63.0 cm³/mol. The summed E-state index contributed by atoms with van der Waals surface area (Å²) in [5, 5.41) is 5.75. The Labute approximate surface area is 95.0 Å². The molecule has 0 bridgehead atoms. The third-order valence-electron chi connectivity index (χ3n) is 1.69. The van der Waals surface area contributed by atoms with E-state index in [-0.39, 0.29) is 5.91 Å². The number of hydrogen-bond acceptors (Lipinski definition) is 4. The zero-order valence-corrected chi connectivity index (χ0v) is 9.53. The third-order valence-corrected chi connectivity index (χ3v) is 1.69. The van der Waals surface area contributed by atoms with Crippen molar-refractivity contribution in [3.63, 3.8) is 0 Å². The number of rotatable bonds is 5. The maximum atomic E-state index is 11.2.